The molecule has 4 aliphatic rings. The largest absolute Gasteiger partial charge is 0.490 e. The predicted molar refractivity (Wildman–Crippen MR) is 119 cm³/mol. The summed E-state index contributed by atoms with van der Waals surface area (Å²) in [7, 11) is 0. The Balaban J connectivity index is 1.09. The molecule has 1 amide bonds. The number of alkyl halides is 3. The second-order valence-electron chi connectivity index (χ2n) is 10.5. The zero-order chi connectivity index (χ0) is 23.0. The molecule has 4 fully saturated rings. The van der Waals surface area contributed by atoms with Crippen LogP contribution in [0.2, 0.25) is 0 Å². The Kier molecular flexibility index (Phi) is 4.24. The zero-order valence-electron chi connectivity index (χ0n) is 18.3. The van der Waals surface area contributed by atoms with Crippen LogP contribution in [0.1, 0.15) is 56.1 Å². The van der Waals surface area contributed by atoms with Gasteiger partial charge < -0.3 is 15.0 Å². The van der Waals surface area contributed by atoms with E-state index in [1.165, 1.54) is 0 Å². The van der Waals surface area contributed by atoms with E-state index in [0.29, 0.717) is 5.41 Å². The number of H-pyrrole nitrogens is 1. The van der Waals surface area contributed by atoms with E-state index < -0.39 is 11.7 Å². The average Bonchev–Trinajstić information content (AvgIpc) is 3.08. The molecule has 2 aromatic carbocycles. The number of halogens is 3. The van der Waals surface area contributed by atoms with Crippen LogP contribution in [0.15, 0.2) is 48.7 Å². The second-order valence-corrected chi connectivity index (χ2v) is 10.5. The first-order valence-electron chi connectivity index (χ1n) is 11.4. The first-order chi connectivity index (χ1) is 15.6. The van der Waals surface area contributed by atoms with E-state index in [9.17, 15) is 18.0 Å². The summed E-state index contributed by atoms with van der Waals surface area (Å²) in [6.45, 7) is 2.24. The third-order valence-electron chi connectivity index (χ3n) is 7.79. The van der Waals surface area contributed by atoms with Crippen LogP contribution in [0.25, 0.3) is 10.9 Å². The van der Waals surface area contributed by atoms with Crippen molar-refractivity contribution in [2.24, 2.45) is 10.8 Å². The SMILES string of the molecule is CC12CC(C(=O)Nc3c[nH]c4ccc(O[C@H]5C[C@@H](c6ccc(C(F)(F)F)cc6)C5)cc34)(C1)C2. The van der Waals surface area contributed by atoms with E-state index in [4.69, 9.17) is 4.74 Å². The molecule has 2 bridgehead atoms. The van der Waals surface area contributed by atoms with Gasteiger partial charge in [0.2, 0.25) is 5.91 Å². The van der Waals surface area contributed by atoms with Crippen molar-refractivity contribution in [3.63, 3.8) is 0 Å². The fourth-order valence-corrected chi connectivity index (χ4v) is 6.14. The molecule has 0 atom stereocenters. The molecule has 1 aromatic heterocycles. The maximum Gasteiger partial charge on any atom is 0.416 e. The molecule has 7 heteroatoms. The molecule has 0 spiro atoms. The van der Waals surface area contributed by atoms with Gasteiger partial charge in [-0.25, -0.2) is 0 Å². The fourth-order valence-electron chi connectivity index (χ4n) is 6.14. The number of benzene rings is 2. The number of anilines is 1. The van der Waals surface area contributed by atoms with E-state index in [-0.39, 0.29) is 23.3 Å². The van der Waals surface area contributed by atoms with Gasteiger partial charge in [-0.1, -0.05) is 19.1 Å². The van der Waals surface area contributed by atoms with Crippen molar-refractivity contribution >= 4 is 22.5 Å². The van der Waals surface area contributed by atoms with Crippen LogP contribution in [0, 0.1) is 10.8 Å². The Morgan fingerprint density at radius 1 is 1.09 bits per heavy atom. The van der Waals surface area contributed by atoms with Gasteiger partial charge in [0.1, 0.15) is 5.75 Å². The molecule has 4 saturated carbocycles. The Bertz CT molecular complexity index is 1220. The highest BCUT2D eigenvalue weighted by Gasteiger charge is 2.68. The molecule has 4 nitrogen and oxygen atoms in total. The van der Waals surface area contributed by atoms with Crippen LogP contribution >= 0.6 is 0 Å². The number of fused-ring (bicyclic) bond motifs is 1. The summed E-state index contributed by atoms with van der Waals surface area (Å²) < 4.78 is 44.4. The molecular weight excluding hydrogens is 429 g/mol. The standard InChI is InChI=1S/C26H25F3N2O2/c1-24-12-25(13-24,14-24)23(32)31-22-11-30-21-7-6-18(10-20(21)22)33-19-8-16(9-19)15-2-4-17(5-3-15)26(27,28)29/h2-7,10-11,16,19,30H,8-9,12-14H2,1H3,(H,31,32)/t16-,19+,24?,25?. The number of amides is 1. The highest BCUT2D eigenvalue weighted by molar-refractivity contribution is 6.05. The van der Waals surface area contributed by atoms with Crippen LogP contribution in [0.3, 0.4) is 0 Å². The van der Waals surface area contributed by atoms with Gasteiger partial charge in [-0.05, 0) is 79.3 Å². The lowest BCUT2D eigenvalue weighted by molar-refractivity contribution is -0.194. The van der Waals surface area contributed by atoms with Gasteiger partial charge in [0, 0.05) is 17.1 Å². The summed E-state index contributed by atoms with van der Waals surface area (Å²) in [4.78, 5) is 16.0. The molecule has 0 saturated heterocycles. The van der Waals surface area contributed by atoms with Crippen molar-refractivity contribution < 1.29 is 22.7 Å². The lowest BCUT2D eigenvalue weighted by atomic mass is 9.35. The van der Waals surface area contributed by atoms with Gasteiger partial charge in [0.15, 0.2) is 0 Å². The highest BCUT2D eigenvalue weighted by atomic mass is 19.4. The molecule has 4 aliphatic carbocycles. The normalized spacial score (nSPS) is 30.2. The Hall–Kier alpha value is -2.96. The summed E-state index contributed by atoms with van der Waals surface area (Å²) >= 11 is 0. The molecule has 0 radical (unpaired) electrons. The molecule has 7 rings (SSSR count). The summed E-state index contributed by atoms with van der Waals surface area (Å²) in [6.07, 6.45) is 1.99. The zero-order valence-corrected chi connectivity index (χ0v) is 18.3. The van der Waals surface area contributed by atoms with Gasteiger partial charge in [-0.15, -0.1) is 0 Å². The summed E-state index contributed by atoms with van der Waals surface area (Å²) in [5, 5.41) is 4.02. The Morgan fingerprint density at radius 3 is 2.42 bits per heavy atom. The van der Waals surface area contributed by atoms with Crippen molar-refractivity contribution in [2.45, 2.75) is 57.2 Å². The number of carbonyl (C=O) groups is 1. The quantitative estimate of drug-likeness (QED) is 0.454. The Labute approximate surface area is 189 Å². The highest BCUT2D eigenvalue weighted by Crippen LogP contribution is 2.73. The maximum absolute atomic E-state index is 12.8. The first-order valence-corrected chi connectivity index (χ1v) is 11.4. The smallest absolute Gasteiger partial charge is 0.416 e. The molecule has 0 unspecified atom stereocenters. The average molecular weight is 454 g/mol. The molecule has 1 heterocycles. The van der Waals surface area contributed by atoms with Crippen molar-refractivity contribution in [3.8, 4) is 5.75 Å². The van der Waals surface area contributed by atoms with Gasteiger partial charge in [0.25, 0.3) is 0 Å². The number of hydrogen-bond donors (Lipinski definition) is 2. The van der Waals surface area contributed by atoms with Gasteiger partial charge in [-0.2, -0.15) is 13.2 Å². The molecule has 3 aromatic rings. The third-order valence-corrected chi connectivity index (χ3v) is 7.79. The second kappa shape index (κ2) is 6.78. The van der Waals surface area contributed by atoms with E-state index in [0.717, 1.165) is 72.1 Å². The number of rotatable bonds is 5. The number of aromatic amines is 1. The van der Waals surface area contributed by atoms with Crippen LogP contribution in [0.5, 0.6) is 5.75 Å². The molecule has 33 heavy (non-hydrogen) atoms. The number of aromatic nitrogens is 1. The van der Waals surface area contributed by atoms with Crippen LogP contribution in [-0.4, -0.2) is 17.0 Å². The minimum absolute atomic E-state index is 0.0215. The lowest BCUT2D eigenvalue weighted by Gasteiger charge is -2.68. The number of carbonyl (C=O) groups excluding carboxylic acids is 1. The van der Waals surface area contributed by atoms with Crippen LogP contribution in [0.4, 0.5) is 18.9 Å². The van der Waals surface area contributed by atoms with E-state index in [1.807, 2.05) is 24.4 Å². The molecular formula is C26H25F3N2O2. The predicted octanol–water partition coefficient (Wildman–Crippen LogP) is 6.64. The van der Waals surface area contributed by atoms with E-state index in [2.05, 4.69) is 17.2 Å². The van der Waals surface area contributed by atoms with Crippen molar-refractivity contribution in [1.29, 1.82) is 0 Å². The third kappa shape index (κ3) is 3.40. The summed E-state index contributed by atoms with van der Waals surface area (Å²) in [5.74, 6) is 1.04. The van der Waals surface area contributed by atoms with Gasteiger partial charge in [0.05, 0.1) is 22.8 Å². The summed E-state index contributed by atoms with van der Waals surface area (Å²) in [6, 6.07) is 11.2. The molecule has 172 valence electrons. The lowest BCUT2D eigenvalue weighted by Crippen LogP contribution is -2.65. The van der Waals surface area contributed by atoms with Crippen molar-refractivity contribution in [2.75, 3.05) is 5.32 Å². The number of hydrogen-bond acceptors (Lipinski definition) is 2. The number of ether oxygens (including phenoxy) is 1. The topological polar surface area (TPSA) is 54.1 Å². The van der Waals surface area contributed by atoms with Crippen molar-refractivity contribution in [3.05, 3.63) is 59.8 Å². The molecule has 0 aliphatic heterocycles. The van der Waals surface area contributed by atoms with Crippen LogP contribution < -0.4 is 10.1 Å². The van der Waals surface area contributed by atoms with Crippen molar-refractivity contribution in [1.82, 2.24) is 4.98 Å². The van der Waals surface area contributed by atoms with Gasteiger partial charge in [-0.3, -0.25) is 4.79 Å². The summed E-state index contributed by atoms with van der Waals surface area (Å²) in [5.41, 5.74) is 2.19. The Morgan fingerprint density at radius 2 is 1.79 bits per heavy atom. The minimum atomic E-state index is -4.31. The monoisotopic (exact) mass is 454 g/mol. The van der Waals surface area contributed by atoms with Crippen LogP contribution in [-0.2, 0) is 11.0 Å². The van der Waals surface area contributed by atoms with Gasteiger partial charge >= 0.3 is 6.18 Å². The number of nitrogens with one attached hydrogen (secondary N) is 2. The maximum atomic E-state index is 12.8. The fraction of sp³-hybridized carbons (Fsp3) is 0.423. The first kappa shape index (κ1) is 20.6. The van der Waals surface area contributed by atoms with E-state index >= 15 is 0 Å². The minimum Gasteiger partial charge on any atom is -0.490 e. The molecule has 2 N–H and O–H groups in total. The van der Waals surface area contributed by atoms with E-state index in [1.54, 1.807) is 12.1 Å².